The molecule has 1 saturated heterocycles. The van der Waals surface area contributed by atoms with Gasteiger partial charge >= 0.3 is 6.18 Å². The molecule has 128 valence electrons. The number of anilines is 3. The smallest absolute Gasteiger partial charge is 0.378 e. The van der Waals surface area contributed by atoms with Gasteiger partial charge in [-0.05, 0) is 18.2 Å². The Morgan fingerprint density at radius 3 is 2.67 bits per heavy atom. The molecule has 2 heterocycles. The van der Waals surface area contributed by atoms with E-state index < -0.39 is 11.7 Å². The van der Waals surface area contributed by atoms with Crippen LogP contribution in [0.1, 0.15) is 5.56 Å². The fraction of sp³-hybridized carbons (Fsp3) is 0.357. The number of benzene rings is 1. The highest BCUT2D eigenvalue weighted by atomic mass is 35.5. The molecule has 24 heavy (non-hydrogen) atoms. The highest BCUT2D eigenvalue weighted by Crippen LogP contribution is 2.36. The van der Waals surface area contributed by atoms with Crippen molar-refractivity contribution in [2.24, 2.45) is 0 Å². The Balaban J connectivity index is 1.81. The van der Waals surface area contributed by atoms with Gasteiger partial charge in [-0.15, -0.1) is 5.10 Å². The van der Waals surface area contributed by atoms with Crippen molar-refractivity contribution < 1.29 is 17.9 Å². The third-order valence-electron chi connectivity index (χ3n) is 3.41. The van der Waals surface area contributed by atoms with E-state index in [2.05, 4.69) is 20.5 Å². The lowest BCUT2D eigenvalue weighted by molar-refractivity contribution is -0.137. The minimum absolute atomic E-state index is 0.106. The van der Waals surface area contributed by atoms with Crippen LogP contribution in [0, 0.1) is 0 Å². The van der Waals surface area contributed by atoms with E-state index in [1.807, 2.05) is 4.90 Å². The van der Waals surface area contributed by atoms with Gasteiger partial charge in [-0.3, -0.25) is 0 Å². The number of aromatic nitrogens is 3. The topological polar surface area (TPSA) is 63.2 Å². The molecule has 1 aliphatic heterocycles. The van der Waals surface area contributed by atoms with Crippen LogP contribution in [-0.2, 0) is 10.9 Å². The van der Waals surface area contributed by atoms with Crippen molar-refractivity contribution in [1.82, 2.24) is 15.2 Å². The summed E-state index contributed by atoms with van der Waals surface area (Å²) in [5.41, 5.74) is -0.751. The Bertz CT molecular complexity index is 722. The summed E-state index contributed by atoms with van der Waals surface area (Å²) >= 11 is 5.60. The van der Waals surface area contributed by atoms with Crippen molar-refractivity contribution >= 4 is 29.1 Å². The summed E-state index contributed by atoms with van der Waals surface area (Å²) in [5, 5.41) is 9.99. The van der Waals surface area contributed by atoms with Crippen LogP contribution in [0.5, 0.6) is 0 Å². The molecule has 0 amide bonds. The maximum Gasteiger partial charge on any atom is 0.417 e. The molecule has 0 saturated carbocycles. The first kappa shape index (κ1) is 16.7. The predicted octanol–water partition coefficient (Wildman–Crippen LogP) is 3.12. The van der Waals surface area contributed by atoms with Crippen LogP contribution < -0.4 is 10.2 Å². The van der Waals surface area contributed by atoms with Crippen LogP contribution in [0.4, 0.5) is 30.6 Å². The molecular formula is C14H13ClF3N5O. The number of hydrogen-bond acceptors (Lipinski definition) is 6. The lowest BCUT2D eigenvalue weighted by Gasteiger charge is -2.27. The number of alkyl halides is 3. The van der Waals surface area contributed by atoms with E-state index in [4.69, 9.17) is 16.3 Å². The summed E-state index contributed by atoms with van der Waals surface area (Å²) in [7, 11) is 0. The number of hydrogen-bond donors (Lipinski definition) is 1. The van der Waals surface area contributed by atoms with Crippen LogP contribution in [0.2, 0.25) is 5.02 Å². The quantitative estimate of drug-likeness (QED) is 0.908. The average Bonchev–Trinajstić information content (AvgIpc) is 2.57. The van der Waals surface area contributed by atoms with E-state index in [0.29, 0.717) is 32.1 Å². The molecule has 0 atom stereocenters. The van der Waals surface area contributed by atoms with Crippen molar-refractivity contribution in [2.45, 2.75) is 6.18 Å². The van der Waals surface area contributed by atoms with Gasteiger partial charge < -0.3 is 15.0 Å². The number of rotatable bonds is 3. The van der Waals surface area contributed by atoms with Gasteiger partial charge in [0.1, 0.15) is 0 Å². The fourth-order valence-electron chi connectivity index (χ4n) is 2.24. The molecule has 3 rings (SSSR count). The van der Waals surface area contributed by atoms with E-state index in [1.165, 1.54) is 18.3 Å². The van der Waals surface area contributed by atoms with Gasteiger partial charge in [-0.25, -0.2) is 0 Å². The largest absolute Gasteiger partial charge is 0.417 e. The number of ether oxygens (including phenoxy) is 1. The summed E-state index contributed by atoms with van der Waals surface area (Å²) in [6.07, 6.45) is -3.04. The fourth-order valence-corrected chi connectivity index (χ4v) is 2.47. The molecule has 1 aliphatic rings. The molecule has 6 nitrogen and oxygen atoms in total. The highest BCUT2D eigenvalue weighted by molar-refractivity contribution is 6.31. The second-order valence-corrected chi connectivity index (χ2v) is 5.46. The number of morpholine rings is 1. The summed E-state index contributed by atoms with van der Waals surface area (Å²) in [6, 6.07) is 3.50. The van der Waals surface area contributed by atoms with Crippen LogP contribution in [0.15, 0.2) is 24.4 Å². The van der Waals surface area contributed by atoms with Gasteiger partial charge in [0.05, 0.1) is 30.0 Å². The van der Waals surface area contributed by atoms with E-state index >= 15 is 0 Å². The van der Waals surface area contributed by atoms with Crippen LogP contribution in [0.25, 0.3) is 0 Å². The average molecular weight is 360 g/mol. The summed E-state index contributed by atoms with van der Waals surface area (Å²) in [4.78, 5) is 6.24. The Morgan fingerprint density at radius 2 is 1.96 bits per heavy atom. The molecule has 0 bridgehead atoms. The van der Waals surface area contributed by atoms with Gasteiger partial charge in [0.25, 0.3) is 0 Å². The molecular weight excluding hydrogens is 347 g/mol. The summed E-state index contributed by atoms with van der Waals surface area (Å²) in [5.74, 6) is 0.690. The SMILES string of the molecule is FC(F)(F)c1cc(Nc2nncc(N3CCOCC3)n2)ccc1Cl. The maximum absolute atomic E-state index is 12.9. The second kappa shape index (κ2) is 6.78. The molecule has 1 fully saturated rings. The van der Waals surface area contributed by atoms with E-state index in [1.54, 1.807) is 0 Å². The van der Waals surface area contributed by atoms with Crippen molar-refractivity contribution in [3.05, 3.63) is 35.0 Å². The maximum atomic E-state index is 12.9. The van der Waals surface area contributed by atoms with Crippen molar-refractivity contribution in [2.75, 3.05) is 36.5 Å². The van der Waals surface area contributed by atoms with Crippen LogP contribution in [-0.4, -0.2) is 41.5 Å². The van der Waals surface area contributed by atoms with Crippen LogP contribution in [0.3, 0.4) is 0 Å². The molecule has 0 aliphatic carbocycles. The first-order valence-electron chi connectivity index (χ1n) is 7.10. The minimum Gasteiger partial charge on any atom is -0.378 e. The van der Waals surface area contributed by atoms with Crippen LogP contribution >= 0.6 is 11.6 Å². The van der Waals surface area contributed by atoms with Crippen molar-refractivity contribution in [3.8, 4) is 0 Å². The molecule has 2 aromatic rings. The number of halogens is 4. The third kappa shape index (κ3) is 3.85. The summed E-state index contributed by atoms with van der Waals surface area (Å²) in [6.45, 7) is 2.49. The Morgan fingerprint density at radius 1 is 1.21 bits per heavy atom. The first-order valence-corrected chi connectivity index (χ1v) is 7.47. The zero-order valence-corrected chi connectivity index (χ0v) is 13.1. The molecule has 1 aromatic heterocycles. The zero-order valence-electron chi connectivity index (χ0n) is 12.3. The Kier molecular flexibility index (Phi) is 4.72. The van der Waals surface area contributed by atoms with Gasteiger partial charge in [0.15, 0.2) is 5.82 Å². The molecule has 1 aromatic carbocycles. The minimum atomic E-state index is -4.54. The van der Waals surface area contributed by atoms with E-state index in [0.717, 1.165) is 6.07 Å². The zero-order chi connectivity index (χ0) is 17.2. The lowest BCUT2D eigenvalue weighted by Crippen LogP contribution is -2.37. The highest BCUT2D eigenvalue weighted by Gasteiger charge is 2.33. The molecule has 0 unspecified atom stereocenters. The molecule has 1 N–H and O–H groups in total. The summed E-state index contributed by atoms with van der Waals surface area (Å²) < 4.78 is 44.0. The van der Waals surface area contributed by atoms with Gasteiger partial charge in [0.2, 0.25) is 5.95 Å². The monoisotopic (exact) mass is 359 g/mol. The van der Waals surface area contributed by atoms with E-state index in [-0.39, 0.29) is 16.7 Å². The predicted molar refractivity (Wildman–Crippen MR) is 82.6 cm³/mol. The Labute approximate surface area is 140 Å². The standard InChI is InChI=1S/C14H13ClF3N5O/c15-11-2-1-9(7-10(11)14(16,17)18)20-13-21-12(8-19-22-13)23-3-5-24-6-4-23/h1-2,7-8H,3-6H2,(H,20,21,22). The van der Waals surface area contributed by atoms with Crippen molar-refractivity contribution in [1.29, 1.82) is 0 Å². The molecule has 0 radical (unpaired) electrons. The van der Waals surface area contributed by atoms with Gasteiger partial charge in [0, 0.05) is 18.8 Å². The second-order valence-electron chi connectivity index (χ2n) is 5.05. The van der Waals surface area contributed by atoms with Crippen molar-refractivity contribution in [3.63, 3.8) is 0 Å². The van der Waals surface area contributed by atoms with Gasteiger partial charge in [-0.2, -0.15) is 23.3 Å². The number of nitrogens with zero attached hydrogens (tertiary/aromatic N) is 4. The van der Waals surface area contributed by atoms with Gasteiger partial charge in [-0.1, -0.05) is 11.6 Å². The third-order valence-corrected chi connectivity index (χ3v) is 3.74. The molecule has 0 spiro atoms. The lowest BCUT2D eigenvalue weighted by atomic mass is 10.2. The van der Waals surface area contributed by atoms with E-state index in [9.17, 15) is 13.2 Å². The molecule has 10 heteroatoms. The Hall–Kier alpha value is -2.13. The normalized spacial score (nSPS) is 15.4. The number of nitrogens with one attached hydrogen (secondary N) is 1. The first-order chi connectivity index (χ1) is 11.4.